The number of carbonyl (C=O) groups excluding carboxylic acids is 2. The topological polar surface area (TPSA) is 240 Å². The second kappa shape index (κ2) is 13.9. The van der Waals surface area contributed by atoms with Crippen molar-refractivity contribution in [2.45, 2.75) is 49.7 Å². The van der Waals surface area contributed by atoms with Crippen LogP contribution in [0.1, 0.15) is 19.3 Å². The molecule has 0 radical (unpaired) electrons. The second-order valence-corrected chi connectivity index (χ2v) is 6.59. The predicted octanol–water partition coefficient (Wildman–Crippen LogP) is -3.86. The van der Waals surface area contributed by atoms with Gasteiger partial charge >= 0.3 is 11.9 Å². The standard InChI is InChI=1S/C16H27N3O10S/c17-7(15(26)27)1-2-12(23)18-9(6-30)14(25)19-8(16(28)29)5-11(22)13(24)10(21)3-4-20/h5,7,9-11,13,20-22,24,30H,1-4,6,17H2,(H,18,23)(H,19,25)(H,26,27)(H,28,29)/b8-5+/t7?,9?,10-,11-,13-/m1/s1. The molecule has 2 amide bonds. The molecule has 172 valence electrons. The van der Waals surface area contributed by atoms with Crippen LogP contribution in [0.5, 0.6) is 0 Å². The number of hydrogen-bond donors (Lipinski definition) is 10. The minimum Gasteiger partial charge on any atom is -0.480 e. The van der Waals surface area contributed by atoms with E-state index in [4.69, 9.17) is 15.9 Å². The summed E-state index contributed by atoms with van der Waals surface area (Å²) >= 11 is 3.89. The normalized spacial score (nSPS) is 16.7. The van der Waals surface area contributed by atoms with Crippen LogP contribution >= 0.6 is 12.6 Å². The van der Waals surface area contributed by atoms with Gasteiger partial charge in [0.2, 0.25) is 11.8 Å². The molecule has 0 aromatic rings. The number of hydrogen-bond acceptors (Lipinski definition) is 10. The second-order valence-electron chi connectivity index (χ2n) is 6.22. The number of nitrogens with two attached hydrogens (primary N) is 1. The summed E-state index contributed by atoms with van der Waals surface area (Å²) < 4.78 is 0. The lowest BCUT2D eigenvalue weighted by Crippen LogP contribution is -2.49. The highest BCUT2D eigenvalue weighted by molar-refractivity contribution is 7.80. The van der Waals surface area contributed by atoms with Crippen LogP contribution in [0, 0.1) is 0 Å². The lowest BCUT2D eigenvalue weighted by atomic mass is 10.0. The molecule has 14 heteroatoms. The smallest absolute Gasteiger partial charge is 0.352 e. The summed E-state index contributed by atoms with van der Waals surface area (Å²) in [6.07, 6.45) is -5.46. The van der Waals surface area contributed by atoms with Gasteiger partial charge in [0.05, 0.1) is 6.10 Å². The number of carbonyl (C=O) groups is 4. The van der Waals surface area contributed by atoms with E-state index < -0.39 is 66.5 Å². The molecular formula is C16H27N3O10S. The summed E-state index contributed by atoms with van der Waals surface area (Å²) in [5, 5.41) is 59.8. The number of carboxylic acids is 2. The van der Waals surface area contributed by atoms with Crippen molar-refractivity contribution in [3.8, 4) is 0 Å². The minimum atomic E-state index is -1.89. The zero-order chi connectivity index (χ0) is 23.4. The van der Waals surface area contributed by atoms with Crippen LogP contribution < -0.4 is 16.4 Å². The largest absolute Gasteiger partial charge is 0.480 e. The number of aliphatic hydroxyl groups is 4. The van der Waals surface area contributed by atoms with Gasteiger partial charge in [-0.15, -0.1) is 0 Å². The fraction of sp³-hybridized carbons (Fsp3) is 0.625. The molecule has 0 fully saturated rings. The Hall–Kier alpha value is -2.23. The van der Waals surface area contributed by atoms with Gasteiger partial charge in [-0.05, 0) is 18.9 Å². The van der Waals surface area contributed by atoms with E-state index in [9.17, 15) is 39.6 Å². The predicted molar refractivity (Wildman–Crippen MR) is 104 cm³/mol. The number of nitrogens with one attached hydrogen (secondary N) is 2. The highest BCUT2D eigenvalue weighted by atomic mass is 32.1. The maximum atomic E-state index is 12.2. The minimum absolute atomic E-state index is 0.192. The first-order valence-electron chi connectivity index (χ1n) is 8.74. The molecule has 0 heterocycles. The van der Waals surface area contributed by atoms with Crippen LogP contribution in [0.2, 0.25) is 0 Å². The first kappa shape index (κ1) is 27.8. The Morgan fingerprint density at radius 1 is 1.07 bits per heavy atom. The summed E-state index contributed by atoms with van der Waals surface area (Å²) in [5.74, 6) is -4.94. The van der Waals surface area contributed by atoms with Gasteiger partial charge < -0.3 is 47.0 Å². The zero-order valence-corrected chi connectivity index (χ0v) is 16.7. The molecule has 0 aliphatic heterocycles. The van der Waals surface area contributed by atoms with Gasteiger partial charge in [-0.2, -0.15) is 12.6 Å². The van der Waals surface area contributed by atoms with Gasteiger partial charge in [0, 0.05) is 18.8 Å². The SMILES string of the molecule is NC(CCC(=O)NC(CS)C(=O)N/C(=C/[C@@H](O)[C@H](O)[C@H](O)CCO)C(=O)O)C(=O)O. The van der Waals surface area contributed by atoms with E-state index in [1.807, 2.05) is 5.32 Å². The lowest BCUT2D eigenvalue weighted by molar-refractivity contribution is -0.139. The van der Waals surface area contributed by atoms with Crippen LogP contribution in [0.25, 0.3) is 0 Å². The molecule has 5 atom stereocenters. The molecule has 0 rings (SSSR count). The number of aliphatic carboxylic acids is 2. The Morgan fingerprint density at radius 3 is 2.13 bits per heavy atom. The molecule has 2 unspecified atom stereocenters. The average Bonchev–Trinajstić information content (AvgIpc) is 2.68. The number of rotatable bonds is 14. The lowest BCUT2D eigenvalue weighted by Gasteiger charge is -2.21. The highest BCUT2D eigenvalue weighted by Gasteiger charge is 2.27. The van der Waals surface area contributed by atoms with Gasteiger partial charge in [0.15, 0.2) is 0 Å². The molecule has 0 bridgehead atoms. The van der Waals surface area contributed by atoms with E-state index in [1.165, 1.54) is 0 Å². The van der Waals surface area contributed by atoms with Crippen LogP contribution in [-0.2, 0) is 19.2 Å². The van der Waals surface area contributed by atoms with Crippen molar-refractivity contribution in [1.29, 1.82) is 0 Å². The van der Waals surface area contributed by atoms with E-state index >= 15 is 0 Å². The maximum absolute atomic E-state index is 12.2. The summed E-state index contributed by atoms with van der Waals surface area (Å²) in [4.78, 5) is 46.0. The molecule has 0 aromatic carbocycles. The Labute approximate surface area is 177 Å². The Balaban J connectivity index is 5.07. The van der Waals surface area contributed by atoms with E-state index in [1.54, 1.807) is 0 Å². The summed E-state index contributed by atoms with van der Waals surface area (Å²) in [5.41, 5.74) is 4.44. The van der Waals surface area contributed by atoms with Crippen molar-refractivity contribution in [3.63, 3.8) is 0 Å². The molecule has 13 nitrogen and oxygen atoms in total. The number of carboxylic acid groups (broad SMARTS) is 2. The number of thiol groups is 1. The fourth-order valence-electron chi connectivity index (χ4n) is 2.06. The quantitative estimate of drug-likeness (QED) is 0.0901. The highest BCUT2D eigenvalue weighted by Crippen LogP contribution is 2.08. The van der Waals surface area contributed by atoms with Crippen molar-refractivity contribution in [1.82, 2.24) is 10.6 Å². The van der Waals surface area contributed by atoms with Crippen LogP contribution in [-0.4, -0.2) is 97.1 Å². The first-order chi connectivity index (χ1) is 13.9. The third-order valence-corrected chi connectivity index (χ3v) is 4.19. The average molecular weight is 453 g/mol. The van der Waals surface area contributed by atoms with E-state index in [0.717, 1.165) is 0 Å². The maximum Gasteiger partial charge on any atom is 0.352 e. The van der Waals surface area contributed by atoms with Crippen molar-refractivity contribution in [2.75, 3.05) is 12.4 Å². The van der Waals surface area contributed by atoms with E-state index in [2.05, 4.69) is 17.9 Å². The van der Waals surface area contributed by atoms with Gasteiger partial charge in [-0.25, -0.2) is 4.79 Å². The molecular weight excluding hydrogens is 426 g/mol. The molecule has 0 saturated carbocycles. The monoisotopic (exact) mass is 453 g/mol. The van der Waals surface area contributed by atoms with E-state index in [0.29, 0.717) is 6.08 Å². The summed E-state index contributed by atoms with van der Waals surface area (Å²) in [7, 11) is 0. The molecule has 0 spiro atoms. The molecule has 10 N–H and O–H groups in total. The molecule has 0 aliphatic rings. The van der Waals surface area contributed by atoms with Crippen LogP contribution in [0.3, 0.4) is 0 Å². The fourth-order valence-corrected chi connectivity index (χ4v) is 2.31. The van der Waals surface area contributed by atoms with Gasteiger partial charge in [0.25, 0.3) is 0 Å². The van der Waals surface area contributed by atoms with E-state index in [-0.39, 0.29) is 25.0 Å². The Bertz CT molecular complexity index is 645. The third kappa shape index (κ3) is 10.00. The molecule has 0 saturated heterocycles. The first-order valence-corrected chi connectivity index (χ1v) is 9.37. The van der Waals surface area contributed by atoms with Crippen LogP contribution in [0.15, 0.2) is 11.8 Å². The molecule has 0 aliphatic carbocycles. The van der Waals surface area contributed by atoms with Crippen molar-refractivity contribution in [2.24, 2.45) is 5.73 Å². The molecule has 0 aromatic heterocycles. The number of amides is 2. The Kier molecular flexibility index (Phi) is 12.9. The van der Waals surface area contributed by atoms with Crippen LogP contribution in [0.4, 0.5) is 0 Å². The van der Waals surface area contributed by atoms with Crippen molar-refractivity contribution in [3.05, 3.63) is 11.8 Å². The summed E-state index contributed by atoms with van der Waals surface area (Å²) in [6.45, 7) is -0.488. The van der Waals surface area contributed by atoms with Crippen molar-refractivity contribution < 1.29 is 49.8 Å². The zero-order valence-electron chi connectivity index (χ0n) is 15.8. The summed E-state index contributed by atoms with van der Waals surface area (Å²) in [6, 6.07) is -2.57. The van der Waals surface area contributed by atoms with Gasteiger partial charge in [-0.3, -0.25) is 14.4 Å². The third-order valence-electron chi connectivity index (χ3n) is 3.83. The molecule has 30 heavy (non-hydrogen) atoms. The van der Waals surface area contributed by atoms with Crippen molar-refractivity contribution >= 4 is 36.4 Å². The number of aliphatic hydroxyl groups excluding tert-OH is 4. The van der Waals surface area contributed by atoms with Gasteiger partial charge in [0.1, 0.15) is 30.0 Å². The Morgan fingerprint density at radius 2 is 1.67 bits per heavy atom. The van der Waals surface area contributed by atoms with Gasteiger partial charge in [-0.1, -0.05) is 0 Å².